The van der Waals surface area contributed by atoms with E-state index in [1.54, 1.807) is 0 Å². The van der Waals surface area contributed by atoms with Gasteiger partial charge in [-0.1, -0.05) is 19.1 Å². The average molecular weight is 184 g/mol. The first-order chi connectivity index (χ1) is 6.20. The quantitative estimate of drug-likeness (QED) is 0.458. The molecule has 2 nitrogen and oxygen atoms in total. The fraction of sp³-hybridized carbons (Fsp3) is 0.818. The van der Waals surface area contributed by atoms with Crippen LogP contribution in [0.2, 0.25) is 0 Å². The summed E-state index contributed by atoms with van der Waals surface area (Å²) in [6.07, 6.45) is 2.55. The summed E-state index contributed by atoms with van der Waals surface area (Å²) >= 11 is 0. The van der Waals surface area contributed by atoms with Crippen molar-refractivity contribution in [1.29, 1.82) is 0 Å². The molecule has 0 aliphatic rings. The largest absolute Gasteiger partial charge is 0.320 e. The Kier molecular flexibility index (Phi) is 8.05. The average Bonchev–Trinajstić information content (AvgIpc) is 2.09. The molecule has 0 saturated heterocycles. The predicted octanol–water partition coefficient (Wildman–Crippen LogP) is 1.88. The number of hydrogen-bond acceptors (Lipinski definition) is 2. The molecule has 0 atom stereocenters. The molecule has 0 aliphatic carbocycles. The van der Waals surface area contributed by atoms with Gasteiger partial charge in [0.05, 0.1) is 0 Å². The van der Waals surface area contributed by atoms with Gasteiger partial charge in [0.1, 0.15) is 0 Å². The molecule has 0 aliphatic heterocycles. The van der Waals surface area contributed by atoms with Crippen molar-refractivity contribution in [2.45, 2.75) is 26.7 Å². The van der Waals surface area contributed by atoms with E-state index in [1.807, 2.05) is 7.05 Å². The molecule has 0 saturated carbocycles. The predicted molar refractivity (Wildman–Crippen MR) is 60.1 cm³/mol. The number of nitrogens with zero attached hydrogens (tertiary/aromatic N) is 1. The maximum absolute atomic E-state index is 3.93. The highest BCUT2D eigenvalue weighted by atomic mass is 15.1. The van der Waals surface area contributed by atoms with Gasteiger partial charge < -0.3 is 5.32 Å². The molecule has 0 unspecified atom stereocenters. The normalized spacial score (nSPS) is 10.8. The summed E-state index contributed by atoms with van der Waals surface area (Å²) in [6, 6.07) is 0. The van der Waals surface area contributed by atoms with Gasteiger partial charge in [-0.3, -0.25) is 4.90 Å². The van der Waals surface area contributed by atoms with Crippen LogP contribution in [-0.2, 0) is 0 Å². The summed E-state index contributed by atoms with van der Waals surface area (Å²) in [5.74, 6) is 0. The Bertz CT molecular complexity index is 132. The molecule has 0 fully saturated rings. The van der Waals surface area contributed by atoms with Gasteiger partial charge >= 0.3 is 0 Å². The second-order valence-corrected chi connectivity index (χ2v) is 3.64. The number of nitrogens with one attached hydrogen (secondary N) is 1. The van der Waals surface area contributed by atoms with Gasteiger partial charge in [0.15, 0.2) is 0 Å². The van der Waals surface area contributed by atoms with Crippen LogP contribution in [0.15, 0.2) is 12.2 Å². The molecule has 0 rings (SSSR count). The molecule has 13 heavy (non-hydrogen) atoms. The van der Waals surface area contributed by atoms with E-state index in [1.165, 1.54) is 25.0 Å². The second kappa shape index (κ2) is 8.27. The Balaban J connectivity index is 3.42. The van der Waals surface area contributed by atoms with Crippen LogP contribution in [0.1, 0.15) is 26.7 Å². The van der Waals surface area contributed by atoms with E-state index in [2.05, 4.69) is 30.6 Å². The van der Waals surface area contributed by atoms with Gasteiger partial charge in [-0.15, -0.1) is 0 Å². The highest BCUT2D eigenvalue weighted by molar-refractivity contribution is 4.91. The molecule has 2 heteroatoms. The topological polar surface area (TPSA) is 15.3 Å². The van der Waals surface area contributed by atoms with Crippen LogP contribution in [0.5, 0.6) is 0 Å². The molecule has 0 aromatic heterocycles. The molecule has 78 valence electrons. The third kappa shape index (κ3) is 8.00. The minimum absolute atomic E-state index is 1.05. The minimum Gasteiger partial charge on any atom is -0.320 e. The Labute approximate surface area is 83.0 Å². The molecule has 1 N–H and O–H groups in total. The molecule has 0 spiro atoms. The summed E-state index contributed by atoms with van der Waals surface area (Å²) in [5, 5.41) is 3.16. The van der Waals surface area contributed by atoms with Crippen molar-refractivity contribution in [1.82, 2.24) is 10.2 Å². The smallest absolute Gasteiger partial charge is 0.0187 e. The van der Waals surface area contributed by atoms with Gasteiger partial charge in [0.25, 0.3) is 0 Å². The van der Waals surface area contributed by atoms with Crippen molar-refractivity contribution >= 4 is 0 Å². The summed E-state index contributed by atoms with van der Waals surface area (Å²) < 4.78 is 0. The highest BCUT2D eigenvalue weighted by Crippen LogP contribution is 1.98. The van der Waals surface area contributed by atoms with Crippen LogP contribution in [-0.4, -0.2) is 38.1 Å². The van der Waals surface area contributed by atoms with Crippen LogP contribution in [0.25, 0.3) is 0 Å². The van der Waals surface area contributed by atoms with E-state index >= 15 is 0 Å². The fourth-order valence-electron chi connectivity index (χ4n) is 1.37. The number of hydrogen-bond donors (Lipinski definition) is 1. The SMILES string of the molecule is C=C(C)CN(CC)CCCCNC. The molecule has 0 heterocycles. The van der Waals surface area contributed by atoms with E-state index in [9.17, 15) is 0 Å². The Morgan fingerprint density at radius 3 is 2.54 bits per heavy atom. The van der Waals surface area contributed by atoms with Crippen LogP contribution < -0.4 is 5.32 Å². The standard InChI is InChI=1S/C11H24N2/c1-5-13(10-11(2)3)9-7-6-8-12-4/h12H,2,5-10H2,1,3-4H3. The lowest BCUT2D eigenvalue weighted by Crippen LogP contribution is -2.26. The maximum atomic E-state index is 3.93. The molecule has 0 amide bonds. The van der Waals surface area contributed by atoms with Crippen molar-refractivity contribution in [3.8, 4) is 0 Å². The van der Waals surface area contributed by atoms with Crippen LogP contribution >= 0.6 is 0 Å². The van der Waals surface area contributed by atoms with Gasteiger partial charge in [-0.2, -0.15) is 0 Å². The molecule has 0 bridgehead atoms. The zero-order chi connectivity index (χ0) is 10.1. The lowest BCUT2D eigenvalue weighted by Gasteiger charge is -2.20. The number of likely N-dealkylation sites (N-methyl/N-ethyl adjacent to an activating group) is 1. The second-order valence-electron chi connectivity index (χ2n) is 3.64. The van der Waals surface area contributed by atoms with E-state index in [0.29, 0.717) is 0 Å². The van der Waals surface area contributed by atoms with E-state index in [4.69, 9.17) is 0 Å². The van der Waals surface area contributed by atoms with Crippen LogP contribution in [0, 0.1) is 0 Å². The molecular formula is C11H24N2. The Morgan fingerprint density at radius 1 is 1.38 bits per heavy atom. The highest BCUT2D eigenvalue weighted by Gasteiger charge is 2.00. The van der Waals surface area contributed by atoms with Crippen molar-refractivity contribution in [2.24, 2.45) is 0 Å². The van der Waals surface area contributed by atoms with Crippen molar-refractivity contribution < 1.29 is 0 Å². The molecule has 0 aromatic rings. The third-order valence-electron chi connectivity index (χ3n) is 2.09. The zero-order valence-electron chi connectivity index (χ0n) is 9.40. The van der Waals surface area contributed by atoms with E-state index in [-0.39, 0.29) is 0 Å². The first kappa shape index (κ1) is 12.7. The van der Waals surface area contributed by atoms with Crippen LogP contribution in [0.3, 0.4) is 0 Å². The van der Waals surface area contributed by atoms with Crippen LogP contribution in [0.4, 0.5) is 0 Å². The summed E-state index contributed by atoms with van der Waals surface area (Å²) in [6.45, 7) is 12.7. The van der Waals surface area contributed by atoms with Gasteiger partial charge in [-0.25, -0.2) is 0 Å². The third-order valence-corrected chi connectivity index (χ3v) is 2.09. The maximum Gasteiger partial charge on any atom is 0.0187 e. The van der Waals surface area contributed by atoms with Crippen molar-refractivity contribution in [3.63, 3.8) is 0 Å². The summed E-state index contributed by atoms with van der Waals surface area (Å²) in [4.78, 5) is 2.44. The minimum atomic E-state index is 1.05. The summed E-state index contributed by atoms with van der Waals surface area (Å²) in [7, 11) is 2.01. The zero-order valence-corrected chi connectivity index (χ0v) is 9.40. The van der Waals surface area contributed by atoms with Crippen molar-refractivity contribution in [2.75, 3.05) is 33.2 Å². The first-order valence-corrected chi connectivity index (χ1v) is 5.22. The lowest BCUT2D eigenvalue weighted by molar-refractivity contribution is 0.305. The molecule has 0 radical (unpaired) electrons. The van der Waals surface area contributed by atoms with Gasteiger partial charge in [-0.05, 0) is 46.4 Å². The summed E-state index contributed by atoms with van der Waals surface area (Å²) in [5.41, 5.74) is 1.26. The lowest BCUT2D eigenvalue weighted by atomic mass is 10.2. The van der Waals surface area contributed by atoms with E-state index in [0.717, 1.165) is 19.6 Å². The fourth-order valence-corrected chi connectivity index (χ4v) is 1.37. The molecule has 0 aromatic carbocycles. The Morgan fingerprint density at radius 2 is 2.08 bits per heavy atom. The number of unbranched alkanes of at least 4 members (excludes halogenated alkanes) is 1. The van der Waals surface area contributed by atoms with E-state index < -0.39 is 0 Å². The van der Waals surface area contributed by atoms with Crippen molar-refractivity contribution in [3.05, 3.63) is 12.2 Å². The first-order valence-electron chi connectivity index (χ1n) is 5.22. The Hall–Kier alpha value is -0.340. The van der Waals surface area contributed by atoms with Gasteiger partial charge in [0.2, 0.25) is 0 Å². The number of rotatable bonds is 8. The molecular weight excluding hydrogens is 160 g/mol. The monoisotopic (exact) mass is 184 g/mol. The van der Waals surface area contributed by atoms with Gasteiger partial charge in [0, 0.05) is 6.54 Å².